The Morgan fingerprint density at radius 1 is 0.417 bits per heavy atom. The van der Waals surface area contributed by atoms with E-state index in [1.807, 2.05) is 0 Å². The molecule has 5 N–H and O–H groups in total. The Labute approximate surface area is 136 Å². The van der Waals surface area contributed by atoms with E-state index in [1.54, 1.807) is 19.1 Å². The summed E-state index contributed by atoms with van der Waals surface area (Å²) in [4.78, 5) is 0. The lowest BCUT2D eigenvalue weighted by Crippen LogP contribution is -1.86. The van der Waals surface area contributed by atoms with Crippen LogP contribution in [-0.4, -0.2) is 25.5 Å². The quantitative estimate of drug-likeness (QED) is 0.249. The van der Waals surface area contributed by atoms with Gasteiger partial charge in [0.15, 0.2) is 23.0 Å². The van der Waals surface area contributed by atoms with Gasteiger partial charge in [0.25, 0.3) is 0 Å². The van der Waals surface area contributed by atoms with E-state index in [4.69, 9.17) is 0 Å². The summed E-state index contributed by atoms with van der Waals surface area (Å²) in [6.45, 7) is 1.76. The van der Waals surface area contributed by atoms with Crippen molar-refractivity contribution in [2.75, 3.05) is 0 Å². The van der Waals surface area contributed by atoms with Crippen LogP contribution in [0.25, 0.3) is 32.3 Å². The summed E-state index contributed by atoms with van der Waals surface area (Å²) in [6.07, 6.45) is 0. The molecule has 0 saturated carbocycles. The van der Waals surface area contributed by atoms with E-state index in [0.717, 1.165) is 5.39 Å². The number of hydrogen-bond donors (Lipinski definition) is 5. The van der Waals surface area contributed by atoms with Gasteiger partial charge in [-0.25, -0.2) is 0 Å². The fourth-order valence-electron chi connectivity index (χ4n) is 3.19. The Hall–Kier alpha value is -3.34. The fraction of sp³-hybridized carbons (Fsp3) is 0.0526. The van der Waals surface area contributed by atoms with Crippen LogP contribution in [-0.2, 0) is 0 Å². The molecule has 0 amide bonds. The zero-order valence-corrected chi connectivity index (χ0v) is 12.7. The molecule has 0 heterocycles. The fourth-order valence-corrected chi connectivity index (χ4v) is 3.19. The standard InChI is InChI=1S/C19H14O5/c1-8-2-9-10(3-15(8)20)12-5-17(22)19(24)7-14(12)13-6-18(23)16(21)4-11(9)13/h2-7,20-24H,1H3. The second-order valence-electron chi connectivity index (χ2n) is 5.96. The maximum atomic E-state index is 10.1. The van der Waals surface area contributed by atoms with Crippen LogP contribution in [0.1, 0.15) is 5.56 Å². The Bertz CT molecular complexity index is 894. The molecule has 0 radical (unpaired) electrons. The van der Waals surface area contributed by atoms with Crippen molar-refractivity contribution in [3.63, 3.8) is 0 Å². The predicted molar refractivity (Wildman–Crippen MR) is 92.0 cm³/mol. The first-order valence-corrected chi connectivity index (χ1v) is 7.33. The van der Waals surface area contributed by atoms with E-state index >= 15 is 0 Å². The highest BCUT2D eigenvalue weighted by Gasteiger charge is 2.15. The van der Waals surface area contributed by atoms with E-state index in [9.17, 15) is 25.5 Å². The molecule has 5 nitrogen and oxygen atoms in total. The van der Waals surface area contributed by atoms with Crippen molar-refractivity contribution in [3.05, 3.63) is 42.0 Å². The van der Waals surface area contributed by atoms with Gasteiger partial charge in [-0.2, -0.15) is 0 Å². The lowest BCUT2D eigenvalue weighted by molar-refractivity contribution is 0.404. The molecule has 0 bridgehead atoms. The molecule has 0 aromatic heterocycles. The second kappa shape index (κ2) is 4.58. The van der Waals surface area contributed by atoms with Crippen LogP contribution in [0.15, 0.2) is 36.4 Å². The first-order chi connectivity index (χ1) is 11.4. The summed E-state index contributed by atoms with van der Waals surface area (Å²) in [5.74, 6) is -0.972. The van der Waals surface area contributed by atoms with E-state index in [0.29, 0.717) is 32.5 Å². The molecule has 0 spiro atoms. The van der Waals surface area contributed by atoms with Gasteiger partial charge in [-0.15, -0.1) is 0 Å². The molecule has 0 saturated heterocycles. The molecule has 120 valence electrons. The summed E-state index contributed by atoms with van der Waals surface area (Å²) in [6, 6.07) is 9.07. The number of aryl methyl sites for hydroxylation is 1. The van der Waals surface area contributed by atoms with Gasteiger partial charge in [-0.05, 0) is 81.2 Å². The van der Waals surface area contributed by atoms with Crippen molar-refractivity contribution in [1.29, 1.82) is 0 Å². The highest BCUT2D eigenvalue weighted by molar-refractivity contribution is 6.26. The SMILES string of the molecule is Cc1cc2c(cc1O)c1cc(O)c(O)cc1c1cc(O)c(O)cc21. The Morgan fingerprint density at radius 3 is 1.00 bits per heavy atom. The zero-order valence-electron chi connectivity index (χ0n) is 12.7. The highest BCUT2D eigenvalue weighted by Crippen LogP contribution is 2.44. The number of hydrogen-bond acceptors (Lipinski definition) is 5. The third-order valence-corrected chi connectivity index (χ3v) is 4.44. The van der Waals surface area contributed by atoms with Gasteiger partial charge in [-0.1, -0.05) is 0 Å². The third-order valence-electron chi connectivity index (χ3n) is 4.44. The number of phenols is 5. The topological polar surface area (TPSA) is 101 Å². The van der Waals surface area contributed by atoms with Crippen molar-refractivity contribution >= 4 is 32.3 Å². The van der Waals surface area contributed by atoms with Crippen LogP contribution >= 0.6 is 0 Å². The van der Waals surface area contributed by atoms with E-state index < -0.39 is 0 Å². The van der Waals surface area contributed by atoms with Crippen molar-refractivity contribution < 1.29 is 25.5 Å². The lowest BCUT2D eigenvalue weighted by Gasteiger charge is -2.14. The first-order valence-electron chi connectivity index (χ1n) is 7.33. The van der Waals surface area contributed by atoms with Gasteiger partial charge in [0.2, 0.25) is 0 Å². The van der Waals surface area contributed by atoms with Gasteiger partial charge < -0.3 is 25.5 Å². The summed E-state index contributed by atoms with van der Waals surface area (Å²) >= 11 is 0. The maximum absolute atomic E-state index is 10.1. The molecule has 0 aliphatic heterocycles. The van der Waals surface area contributed by atoms with Crippen LogP contribution in [0, 0.1) is 6.92 Å². The maximum Gasteiger partial charge on any atom is 0.158 e. The molecule has 4 aromatic carbocycles. The van der Waals surface area contributed by atoms with Crippen molar-refractivity contribution in [2.45, 2.75) is 6.92 Å². The Kier molecular flexibility index (Phi) is 2.72. The van der Waals surface area contributed by atoms with Gasteiger partial charge in [0.1, 0.15) is 5.75 Å². The van der Waals surface area contributed by atoms with Crippen LogP contribution in [0.4, 0.5) is 0 Å². The van der Waals surface area contributed by atoms with Crippen molar-refractivity contribution in [1.82, 2.24) is 0 Å². The lowest BCUT2D eigenvalue weighted by atomic mass is 9.92. The summed E-state index contributed by atoms with van der Waals surface area (Å²) in [7, 11) is 0. The van der Waals surface area contributed by atoms with E-state index in [1.165, 1.54) is 24.3 Å². The summed E-state index contributed by atoms with van der Waals surface area (Å²) in [5, 5.41) is 53.5. The summed E-state index contributed by atoms with van der Waals surface area (Å²) in [5.41, 5.74) is 0.665. The minimum atomic E-state index is -0.285. The number of aromatic hydroxyl groups is 5. The first kappa shape index (κ1) is 14.3. The van der Waals surface area contributed by atoms with E-state index in [-0.39, 0.29) is 28.7 Å². The number of rotatable bonds is 0. The van der Waals surface area contributed by atoms with Gasteiger partial charge >= 0.3 is 0 Å². The van der Waals surface area contributed by atoms with Crippen LogP contribution in [0.5, 0.6) is 28.7 Å². The predicted octanol–water partition coefficient (Wildman–Crippen LogP) is 3.98. The van der Waals surface area contributed by atoms with Gasteiger partial charge in [0, 0.05) is 0 Å². The largest absolute Gasteiger partial charge is 0.508 e. The Balaban J connectivity index is 2.40. The van der Waals surface area contributed by atoms with Gasteiger partial charge in [0.05, 0.1) is 0 Å². The minimum Gasteiger partial charge on any atom is -0.508 e. The van der Waals surface area contributed by atoms with Crippen LogP contribution < -0.4 is 0 Å². The third kappa shape index (κ3) is 1.81. The zero-order chi connectivity index (χ0) is 17.2. The molecule has 0 aliphatic rings. The second-order valence-corrected chi connectivity index (χ2v) is 5.96. The molecule has 0 unspecified atom stereocenters. The van der Waals surface area contributed by atoms with Gasteiger partial charge in [-0.3, -0.25) is 0 Å². The Morgan fingerprint density at radius 2 is 0.667 bits per heavy atom. The normalized spacial score (nSPS) is 11.5. The minimum absolute atomic E-state index is 0.110. The molecule has 4 aromatic rings. The average molecular weight is 322 g/mol. The van der Waals surface area contributed by atoms with E-state index in [2.05, 4.69) is 0 Å². The molecule has 5 heteroatoms. The molecule has 24 heavy (non-hydrogen) atoms. The smallest absolute Gasteiger partial charge is 0.158 e. The van der Waals surface area contributed by atoms with Crippen LogP contribution in [0.3, 0.4) is 0 Å². The molecular weight excluding hydrogens is 308 g/mol. The number of phenolic OH excluding ortho intramolecular Hbond substituents is 5. The van der Waals surface area contributed by atoms with Crippen molar-refractivity contribution in [3.8, 4) is 28.7 Å². The summed E-state index contributed by atoms with van der Waals surface area (Å²) < 4.78 is 0. The van der Waals surface area contributed by atoms with Crippen molar-refractivity contribution in [2.24, 2.45) is 0 Å². The highest BCUT2D eigenvalue weighted by atomic mass is 16.3. The van der Waals surface area contributed by atoms with Crippen LogP contribution in [0.2, 0.25) is 0 Å². The number of fused-ring (bicyclic) bond motifs is 6. The molecule has 0 aliphatic carbocycles. The molecule has 4 rings (SSSR count). The monoisotopic (exact) mass is 322 g/mol. The molecule has 0 atom stereocenters. The molecule has 0 fully saturated rings. The number of benzene rings is 4. The average Bonchev–Trinajstić information content (AvgIpc) is 2.53. The molecular formula is C19H14O5.